The van der Waals surface area contributed by atoms with Crippen LogP contribution in [-0.4, -0.2) is 97.8 Å². The van der Waals surface area contributed by atoms with Gasteiger partial charge in [-0.3, -0.25) is 0 Å². The van der Waals surface area contributed by atoms with Crippen molar-refractivity contribution in [1.29, 1.82) is 0 Å². The van der Waals surface area contributed by atoms with E-state index in [1.54, 1.807) is 25.1 Å². The second-order valence-corrected chi connectivity index (χ2v) is 10.1. The highest BCUT2D eigenvalue weighted by Gasteiger charge is 2.50. The quantitative estimate of drug-likeness (QED) is 0.148. The van der Waals surface area contributed by atoms with Crippen LogP contribution in [0.5, 0.6) is 0 Å². The van der Waals surface area contributed by atoms with Gasteiger partial charge in [0.2, 0.25) is 0 Å². The van der Waals surface area contributed by atoms with Crippen molar-refractivity contribution < 1.29 is 47.4 Å². The summed E-state index contributed by atoms with van der Waals surface area (Å²) in [6.45, 7) is 8.29. The first kappa shape index (κ1) is 32.1. The molecule has 3 saturated heterocycles. The molecule has 3 aliphatic heterocycles. The second kappa shape index (κ2) is 17.3. The molecule has 3 aliphatic rings. The topological polar surface area (TPSA) is 100 Å². The predicted molar refractivity (Wildman–Crippen MR) is 152 cm³/mol. The zero-order chi connectivity index (χ0) is 29.4. The molecule has 0 amide bonds. The van der Waals surface area contributed by atoms with E-state index < -0.39 is 5.97 Å². The number of fused-ring (bicyclic) bond motifs is 3. The van der Waals surface area contributed by atoms with Crippen LogP contribution in [0.2, 0.25) is 0 Å². The minimum absolute atomic E-state index is 0.228. The van der Waals surface area contributed by atoms with Gasteiger partial charge >= 0.3 is 5.97 Å². The van der Waals surface area contributed by atoms with Crippen molar-refractivity contribution in [2.75, 3.05) is 85.9 Å². The third kappa shape index (κ3) is 11.1. The number of benzene rings is 2. The highest BCUT2D eigenvalue weighted by molar-refractivity contribution is 5.89. The van der Waals surface area contributed by atoms with Crippen molar-refractivity contribution in [3.63, 3.8) is 0 Å². The Morgan fingerprint density at radius 2 is 1.36 bits per heavy atom. The van der Waals surface area contributed by atoms with Gasteiger partial charge in [0.15, 0.2) is 0 Å². The van der Waals surface area contributed by atoms with Crippen LogP contribution in [0.15, 0.2) is 54.6 Å². The predicted octanol–water partition coefficient (Wildman–Crippen LogP) is 3.22. The van der Waals surface area contributed by atoms with Crippen LogP contribution in [0.3, 0.4) is 0 Å². The summed E-state index contributed by atoms with van der Waals surface area (Å²) in [4.78, 5) is 12.3. The van der Waals surface area contributed by atoms with Crippen molar-refractivity contribution in [3.8, 4) is 11.8 Å². The fourth-order valence-electron chi connectivity index (χ4n) is 4.09. The Morgan fingerprint density at radius 3 is 2.00 bits per heavy atom. The summed E-state index contributed by atoms with van der Waals surface area (Å²) in [7, 11) is 0. The highest BCUT2D eigenvalue weighted by atomic mass is 16.9. The molecule has 0 aromatic heterocycles. The second-order valence-electron chi connectivity index (χ2n) is 10.1. The average molecular weight is 585 g/mol. The lowest BCUT2D eigenvalue weighted by molar-refractivity contribution is -0.462. The Labute approximate surface area is 247 Å². The monoisotopic (exact) mass is 584 g/mol. The summed E-state index contributed by atoms with van der Waals surface area (Å²) < 4.78 is 49.9. The van der Waals surface area contributed by atoms with E-state index >= 15 is 0 Å². The largest absolute Gasteiger partial charge is 0.457 e. The van der Waals surface area contributed by atoms with E-state index in [2.05, 4.69) is 11.8 Å². The summed E-state index contributed by atoms with van der Waals surface area (Å²) in [5, 5.41) is 0. The van der Waals surface area contributed by atoms with Gasteiger partial charge in [-0.05, 0) is 23.8 Å². The van der Waals surface area contributed by atoms with Crippen LogP contribution in [-0.2, 0) is 49.2 Å². The molecule has 10 heteroatoms. The van der Waals surface area contributed by atoms with Gasteiger partial charge in [-0.2, -0.15) is 0 Å². The van der Waals surface area contributed by atoms with E-state index in [0.717, 1.165) is 11.1 Å². The molecule has 42 heavy (non-hydrogen) atoms. The van der Waals surface area contributed by atoms with Crippen molar-refractivity contribution in [2.45, 2.75) is 19.5 Å². The van der Waals surface area contributed by atoms with E-state index in [1.807, 2.05) is 36.4 Å². The molecule has 0 N–H and O–H groups in total. The molecule has 0 spiro atoms. The lowest BCUT2D eigenvalue weighted by Gasteiger charge is -2.50. The third-order valence-corrected chi connectivity index (χ3v) is 6.54. The molecule has 0 unspecified atom stereocenters. The Hall–Kier alpha value is -2.85. The summed E-state index contributed by atoms with van der Waals surface area (Å²) in [6, 6.07) is 16.6. The van der Waals surface area contributed by atoms with E-state index in [1.165, 1.54) is 0 Å². The molecule has 5 rings (SSSR count). The first-order valence-electron chi connectivity index (χ1n) is 14.2. The average Bonchev–Trinajstić information content (AvgIpc) is 3.03. The minimum Gasteiger partial charge on any atom is -0.457 e. The van der Waals surface area contributed by atoms with Gasteiger partial charge in [0.05, 0.1) is 90.3 Å². The Morgan fingerprint density at radius 1 is 0.762 bits per heavy atom. The van der Waals surface area contributed by atoms with Gasteiger partial charge in [0.1, 0.15) is 13.2 Å². The Bertz CT molecular complexity index is 1120. The smallest absolute Gasteiger partial charge is 0.338 e. The van der Waals surface area contributed by atoms with Gasteiger partial charge < -0.3 is 42.6 Å². The van der Waals surface area contributed by atoms with Gasteiger partial charge in [0.25, 0.3) is 5.97 Å². The first-order chi connectivity index (χ1) is 20.6. The van der Waals surface area contributed by atoms with Crippen LogP contribution in [0.1, 0.15) is 28.4 Å². The zero-order valence-electron chi connectivity index (χ0n) is 24.2. The minimum atomic E-state index is -0.891. The van der Waals surface area contributed by atoms with Crippen LogP contribution in [0, 0.1) is 17.3 Å². The molecule has 3 heterocycles. The van der Waals surface area contributed by atoms with Gasteiger partial charge in [-0.15, -0.1) is 0 Å². The molecular formula is C32H40O10. The molecule has 2 bridgehead atoms. The molecular weight excluding hydrogens is 544 g/mol. The van der Waals surface area contributed by atoms with Gasteiger partial charge in [-0.25, -0.2) is 4.79 Å². The summed E-state index contributed by atoms with van der Waals surface area (Å²) in [5.41, 5.74) is 1.89. The SMILES string of the molecule is CC12OCC(COCCOCCOCCOCCOCC#Cc3cccc(C(=O)OCc4ccccc4)c3)(CO1)CO2. The standard InChI is InChI=1S/C32H40O10/c1-31-40-24-32(25-41-31,26-42-31)23-38-20-19-37-18-17-36-16-15-35-14-13-34-12-6-10-27-9-5-11-29(21-27)30(33)39-22-28-7-3-2-4-8-28/h2-5,7-9,11,21H,12-20,22-26H2,1H3. The number of ether oxygens (including phenoxy) is 9. The Kier molecular flexibility index (Phi) is 13.2. The van der Waals surface area contributed by atoms with E-state index in [9.17, 15) is 4.79 Å². The molecule has 0 aliphatic carbocycles. The molecule has 2 aromatic carbocycles. The lowest BCUT2D eigenvalue weighted by atomic mass is 9.90. The molecule has 0 radical (unpaired) electrons. The summed E-state index contributed by atoms with van der Waals surface area (Å²) >= 11 is 0. The normalized spacial score (nSPS) is 21.1. The summed E-state index contributed by atoms with van der Waals surface area (Å²) in [6.07, 6.45) is 0. The molecule has 3 fully saturated rings. The highest BCUT2D eigenvalue weighted by Crippen LogP contribution is 2.38. The van der Waals surface area contributed by atoms with Crippen molar-refractivity contribution in [2.24, 2.45) is 5.41 Å². The molecule has 10 nitrogen and oxygen atoms in total. The number of carbonyl (C=O) groups excluding carboxylic acids is 1. The number of hydrogen-bond acceptors (Lipinski definition) is 10. The van der Waals surface area contributed by atoms with Crippen molar-refractivity contribution in [3.05, 3.63) is 71.3 Å². The number of hydrogen-bond donors (Lipinski definition) is 0. The fourth-order valence-corrected chi connectivity index (χ4v) is 4.09. The zero-order valence-corrected chi connectivity index (χ0v) is 24.2. The van der Waals surface area contributed by atoms with Crippen molar-refractivity contribution >= 4 is 5.97 Å². The van der Waals surface area contributed by atoms with Crippen LogP contribution in [0.25, 0.3) is 0 Å². The molecule has 2 aromatic rings. The maximum absolute atomic E-state index is 12.3. The first-order valence-corrected chi connectivity index (χ1v) is 14.2. The van der Waals surface area contributed by atoms with E-state index in [0.29, 0.717) is 84.8 Å². The molecule has 0 saturated carbocycles. The molecule has 228 valence electrons. The van der Waals surface area contributed by atoms with Crippen LogP contribution in [0.4, 0.5) is 0 Å². The third-order valence-electron chi connectivity index (χ3n) is 6.54. The van der Waals surface area contributed by atoms with Crippen LogP contribution >= 0.6 is 0 Å². The fraction of sp³-hybridized carbons (Fsp3) is 0.531. The Balaban J connectivity index is 0.929. The van der Waals surface area contributed by atoms with E-state index in [-0.39, 0.29) is 24.6 Å². The maximum Gasteiger partial charge on any atom is 0.338 e. The lowest BCUT2D eigenvalue weighted by Crippen LogP contribution is -2.60. The number of rotatable bonds is 18. The van der Waals surface area contributed by atoms with Crippen molar-refractivity contribution in [1.82, 2.24) is 0 Å². The number of carbonyl (C=O) groups is 1. The summed E-state index contributed by atoms with van der Waals surface area (Å²) in [5.74, 6) is 4.68. The molecule has 0 atom stereocenters. The maximum atomic E-state index is 12.3. The number of esters is 1. The van der Waals surface area contributed by atoms with Crippen LogP contribution < -0.4 is 0 Å². The van der Waals surface area contributed by atoms with Gasteiger partial charge in [0, 0.05) is 12.5 Å². The van der Waals surface area contributed by atoms with E-state index in [4.69, 9.17) is 42.6 Å². The van der Waals surface area contributed by atoms with Gasteiger partial charge in [-0.1, -0.05) is 48.2 Å².